The van der Waals surface area contributed by atoms with Crippen molar-refractivity contribution in [1.29, 1.82) is 0 Å². The molecule has 1 atom stereocenters. The highest BCUT2D eigenvalue weighted by atomic mass is 35.5. The van der Waals surface area contributed by atoms with Crippen molar-refractivity contribution in [2.24, 2.45) is 0 Å². The molecule has 2 aliphatic heterocycles. The zero-order chi connectivity index (χ0) is 24.5. The summed E-state index contributed by atoms with van der Waals surface area (Å²) >= 11 is 13.6. The first-order valence-corrected chi connectivity index (χ1v) is 12.4. The van der Waals surface area contributed by atoms with Crippen LogP contribution in [0.25, 0.3) is 0 Å². The van der Waals surface area contributed by atoms with Crippen molar-refractivity contribution in [2.45, 2.75) is 36.5 Å². The molecule has 2 N–H and O–H groups in total. The van der Waals surface area contributed by atoms with Crippen LogP contribution >= 0.6 is 35.0 Å². The van der Waals surface area contributed by atoms with Crippen LogP contribution in [0.2, 0.25) is 10.0 Å². The highest BCUT2D eigenvalue weighted by molar-refractivity contribution is 8.01. The van der Waals surface area contributed by atoms with Crippen LogP contribution < -0.4 is 10.6 Å². The minimum absolute atomic E-state index is 0.0184. The van der Waals surface area contributed by atoms with Crippen LogP contribution in [0, 0.1) is 0 Å². The van der Waals surface area contributed by atoms with E-state index in [2.05, 4.69) is 10.6 Å². The first-order chi connectivity index (χ1) is 16.1. The second-order valence-corrected chi connectivity index (χ2v) is 10.6. The average molecular weight is 532 g/mol. The summed E-state index contributed by atoms with van der Waals surface area (Å²) in [6, 6.07) is 9.28. The maximum Gasteiger partial charge on any atom is 0.416 e. The Balaban J connectivity index is 1.29. The molecule has 0 aromatic heterocycles. The predicted octanol–water partition coefficient (Wildman–Crippen LogP) is 4.97. The van der Waals surface area contributed by atoms with Crippen molar-refractivity contribution in [3.05, 3.63) is 69.2 Å². The Bertz CT molecular complexity index is 1090. The first kappa shape index (κ1) is 25.2. The molecule has 2 amide bonds. The number of halogens is 5. The van der Waals surface area contributed by atoms with Gasteiger partial charge >= 0.3 is 6.18 Å². The third-order valence-electron chi connectivity index (χ3n) is 6.03. The molecule has 11 heteroatoms. The molecule has 0 radical (unpaired) electrons. The number of benzene rings is 2. The SMILES string of the molecule is O=C(NCc1cccc(C(F)(F)F)c1)C1CSC2(CCN(C(=O)c3ccc(Cl)c(Cl)c3)CC2)N1. The van der Waals surface area contributed by atoms with Gasteiger partial charge in [-0.2, -0.15) is 13.2 Å². The van der Waals surface area contributed by atoms with Crippen LogP contribution in [0.5, 0.6) is 0 Å². The van der Waals surface area contributed by atoms with Gasteiger partial charge in [-0.25, -0.2) is 0 Å². The van der Waals surface area contributed by atoms with Crippen LogP contribution in [0.1, 0.15) is 34.3 Å². The van der Waals surface area contributed by atoms with Gasteiger partial charge in [0.25, 0.3) is 5.91 Å². The normalized spacial score (nSPS) is 19.9. The van der Waals surface area contributed by atoms with Crippen LogP contribution in [0.3, 0.4) is 0 Å². The molecule has 2 fully saturated rings. The molecule has 2 aromatic rings. The van der Waals surface area contributed by atoms with Gasteiger partial charge in [-0.05, 0) is 48.7 Å². The molecule has 2 heterocycles. The van der Waals surface area contributed by atoms with E-state index in [1.165, 1.54) is 6.07 Å². The number of hydrogen-bond donors (Lipinski definition) is 2. The van der Waals surface area contributed by atoms with Crippen molar-refractivity contribution in [3.8, 4) is 0 Å². The Labute approximate surface area is 209 Å². The van der Waals surface area contributed by atoms with Crippen molar-refractivity contribution in [2.75, 3.05) is 18.8 Å². The molecular formula is C23H22Cl2F3N3O2S. The largest absolute Gasteiger partial charge is 0.416 e. The minimum atomic E-state index is -4.42. The maximum atomic E-state index is 12.9. The van der Waals surface area contributed by atoms with Crippen molar-refractivity contribution in [3.63, 3.8) is 0 Å². The fourth-order valence-corrected chi connectivity index (χ4v) is 5.84. The zero-order valence-corrected chi connectivity index (χ0v) is 20.3. The van der Waals surface area contributed by atoms with E-state index in [4.69, 9.17) is 23.2 Å². The number of nitrogens with zero attached hydrogens (tertiary/aromatic N) is 1. The van der Waals surface area contributed by atoms with E-state index < -0.39 is 17.8 Å². The predicted molar refractivity (Wildman–Crippen MR) is 127 cm³/mol. The van der Waals surface area contributed by atoms with E-state index in [1.54, 1.807) is 40.9 Å². The van der Waals surface area contributed by atoms with Gasteiger partial charge in [-0.1, -0.05) is 35.3 Å². The van der Waals surface area contributed by atoms with E-state index in [0.29, 0.717) is 52.9 Å². The summed E-state index contributed by atoms with van der Waals surface area (Å²) in [4.78, 5) is 26.9. The second kappa shape index (κ2) is 9.97. The highest BCUT2D eigenvalue weighted by Crippen LogP contribution is 2.39. The smallest absolute Gasteiger partial charge is 0.351 e. The van der Waals surface area contributed by atoms with Gasteiger partial charge in [-0.15, -0.1) is 11.8 Å². The number of piperidine rings is 1. The molecule has 0 saturated carbocycles. The fraction of sp³-hybridized carbons (Fsp3) is 0.391. The summed E-state index contributed by atoms with van der Waals surface area (Å²) in [5.41, 5.74) is 0.122. The third kappa shape index (κ3) is 5.64. The summed E-state index contributed by atoms with van der Waals surface area (Å²) in [7, 11) is 0. The number of alkyl halides is 3. The standard InChI is InChI=1S/C23H22Cl2F3N3O2S/c24-17-5-4-15(11-18(17)25)21(33)31-8-6-22(7-9-31)30-19(13-34-22)20(32)29-12-14-2-1-3-16(10-14)23(26,27)28/h1-5,10-11,19,30H,6-9,12-13H2,(H,29,32). The molecule has 0 aliphatic carbocycles. The Kier molecular flexibility index (Phi) is 7.38. The van der Waals surface area contributed by atoms with E-state index >= 15 is 0 Å². The van der Waals surface area contributed by atoms with Crippen LogP contribution in [0.15, 0.2) is 42.5 Å². The van der Waals surface area contributed by atoms with Gasteiger partial charge in [0.15, 0.2) is 0 Å². The molecular weight excluding hydrogens is 510 g/mol. The van der Waals surface area contributed by atoms with Crippen LogP contribution in [0.4, 0.5) is 13.2 Å². The molecule has 2 aliphatic rings. The number of thioether (sulfide) groups is 1. The Morgan fingerprint density at radius 2 is 1.85 bits per heavy atom. The molecule has 182 valence electrons. The molecule has 4 rings (SSSR count). The Morgan fingerprint density at radius 3 is 2.53 bits per heavy atom. The summed E-state index contributed by atoms with van der Waals surface area (Å²) in [5, 5.41) is 6.83. The monoisotopic (exact) mass is 531 g/mol. The average Bonchev–Trinajstić information content (AvgIpc) is 3.22. The van der Waals surface area contributed by atoms with Gasteiger partial charge in [-0.3, -0.25) is 14.9 Å². The van der Waals surface area contributed by atoms with Gasteiger partial charge in [0.2, 0.25) is 5.91 Å². The lowest BCUT2D eigenvalue weighted by Crippen LogP contribution is -2.54. The van der Waals surface area contributed by atoms with Gasteiger partial charge in [0, 0.05) is 31.0 Å². The van der Waals surface area contributed by atoms with Crippen LogP contribution in [-0.4, -0.2) is 46.5 Å². The van der Waals surface area contributed by atoms with Gasteiger partial charge in [0.1, 0.15) is 0 Å². The summed E-state index contributed by atoms with van der Waals surface area (Å²) in [6.45, 7) is 1.07. The fourth-order valence-electron chi connectivity index (χ4n) is 4.13. The summed E-state index contributed by atoms with van der Waals surface area (Å²) in [6.07, 6.45) is -3.09. The Morgan fingerprint density at radius 1 is 1.12 bits per heavy atom. The van der Waals surface area contributed by atoms with E-state index in [0.717, 1.165) is 12.1 Å². The topological polar surface area (TPSA) is 61.4 Å². The highest BCUT2D eigenvalue weighted by Gasteiger charge is 2.44. The molecule has 1 unspecified atom stereocenters. The van der Waals surface area contributed by atoms with Crippen molar-refractivity contribution < 1.29 is 22.8 Å². The maximum absolute atomic E-state index is 12.9. The minimum Gasteiger partial charge on any atom is -0.351 e. The zero-order valence-electron chi connectivity index (χ0n) is 17.9. The number of hydrogen-bond acceptors (Lipinski definition) is 4. The molecule has 1 spiro atoms. The van der Waals surface area contributed by atoms with Crippen molar-refractivity contribution in [1.82, 2.24) is 15.5 Å². The lowest BCUT2D eigenvalue weighted by Gasteiger charge is -2.39. The van der Waals surface area contributed by atoms with E-state index in [1.807, 2.05) is 0 Å². The number of amides is 2. The first-order valence-electron chi connectivity index (χ1n) is 10.7. The molecule has 0 bridgehead atoms. The molecule has 5 nitrogen and oxygen atoms in total. The van der Waals surface area contributed by atoms with E-state index in [-0.39, 0.29) is 23.2 Å². The van der Waals surface area contributed by atoms with E-state index in [9.17, 15) is 22.8 Å². The quantitative estimate of drug-likeness (QED) is 0.584. The summed E-state index contributed by atoms with van der Waals surface area (Å²) < 4.78 is 38.7. The summed E-state index contributed by atoms with van der Waals surface area (Å²) in [5.74, 6) is 0.178. The van der Waals surface area contributed by atoms with Gasteiger partial charge in [0.05, 0.1) is 26.5 Å². The number of likely N-dealkylation sites (tertiary alicyclic amines) is 1. The molecule has 2 aromatic carbocycles. The lowest BCUT2D eigenvalue weighted by molar-refractivity contribution is -0.137. The molecule has 34 heavy (non-hydrogen) atoms. The van der Waals surface area contributed by atoms with Gasteiger partial charge < -0.3 is 10.2 Å². The Hall–Kier alpha value is -1.94. The van der Waals surface area contributed by atoms with Crippen molar-refractivity contribution >= 4 is 46.8 Å². The van der Waals surface area contributed by atoms with Crippen LogP contribution in [-0.2, 0) is 17.5 Å². The number of carbonyl (C=O) groups is 2. The lowest BCUT2D eigenvalue weighted by atomic mass is 10.0. The number of carbonyl (C=O) groups excluding carboxylic acids is 2. The molecule has 2 saturated heterocycles. The number of rotatable bonds is 4. The third-order valence-corrected chi connectivity index (χ3v) is 8.34. The second-order valence-electron chi connectivity index (χ2n) is 8.34. The number of nitrogens with one attached hydrogen (secondary N) is 2.